The van der Waals surface area contributed by atoms with E-state index < -0.39 is 11.4 Å². The summed E-state index contributed by atoms with van der Waals surface area (Å²) in [6.07, 6.45) is 2.94. The Morgan fingerprint density at radius 2 is 1.65 bits per heavy atom. The van der Waals surface area contributed by atoms with Crippen LogP contribution >= 0.6 is 23.5 Å². The van der Waals surface area contributed by atoms with Crippen LogP contribution in [0.3, 0.4) is 0 Å². The minimum atomic E-state index is -0.712. The summed E-state index contributed by atoms with van der Waals surface area (Å²) in [5.41, 5.74) is -0.605. The maximum atomic E-state index is 12.1. The first-order valence-corrected chi connectivity index (χ1v) is 10.5. The molecule has 0 heterocycles. The lowest BCUT2D eigenvalue weighted by Gasteiger charge is -2.39. The van der Waals surface area contributed by atoms with Gasteiger partial charge in [0.25, 0.3) is 0 Å². The minimum absolute atomic E-state index is 0.113. The zero-order valence-electron chi connectivity index (χ0n) is 15.1. The third-order valence-corrected chi connectivity index (χ3v) is 6.85. The van der Waals surface area contributed by atoms with Gasteiger partial charge in [-0.15, -0.1) is 0 Å². The van der Waals surface area contributed by atoms with Crippen molar-refractivity contribution in [1.29, 1.82) is 0 Å². The molecule has 0 aromatic heterocycles. The molecule has 0 amide bonds. The molecule has 1 N–H and O–H groups in total. The van der Waals surface area contributed by atoms with Crippen molar-refractivity contribution in [3.8, 4) is 0 Å². The number of carboxylic acids is 1. The SMILES string of the molecule is CCOC(=O)C(C)(C)C(C)(C)CCSCSCCCCC(=O)O. The van der Waals surface area contributed by atoms with Gasteiger partial charge in [0.2, 0.25) is 0 Å². The van der Waals surface area contributed by atoms with E-state index in [9.17, 15) is 9.59 Å². The highest BCUT2D eigenvalue weighted by atomic mass is 32.2. The number of esters is 1. The molecule has 0 saturated heterocycles. The van der Waals surface area contributed by atoms with Crippen molar-refractivity contribution in [2.75, 3.05) is 23.2 Å². The summed E-state index contributed by atoms with van der Waals surface area (Å²) < 4.78 is 5.20. The maximum absolute atomic E-state index is 12.1. The van der Waals surface area contributed by atoms with Gasteiger partial charge in [-0.25, -0.2) is 0 Å². The van der Waals surface area contributed by atoms with Gasteiger partial charge in [0, 0.05) is 11.5 Å². The lowest BCUT2D eigenvalue weighted by atomic mass is 9.66. The number of carbonyl (C=O) groups is 2. The van der Waals surface area contributed by atoms with Gasteiger partial charge in [-0.2, -0.15) is 23.5 Å². The summed E-state index contributed by atoms with van der Waals surface area (Å²) in [6, 6.07) is 0. The van der Waals surface area contributed by atoms with Crippen LogP contribution in [0.2, 0.25) is 0 Å². The van der Waals surface area contributed by atoms with Crippen LogP contribution < -0.4 is 0 Å². The number of carbonyl (C=O) groups excluding carboxylic acids is 1. The molecule has 0 aromatic rings. The van der Waals surface area contributed by atoms with Gasteiger partial charge in [-0.3, -0.25) is 9.59 Å². The van der Waals surface area contributed by atoms with Crippen molar-refractivity contribution >= 4 is 35.5 Å². The number of thioether (sulfide) groups is 2. The summed E-state index contributed by atoms with van der Waals surface area (Å²) in [7, 11) is 0. The minimum Gasteiger partial charge on any atom is -0.481 e. The Morgan fingerprint density at radius 1 is 1.04 bits per heavy atom. The van der Waals surface area contributed by atoms with Gasteiger partial charge in [0.1, 0.15) is 0 Å². The predicted molar refractivity (Wildman–Crippen MR) is 100 cm³/mol. The van der Waals surface area contributed by atoms with E-state index >= 15 is 0 Å². The highest BCUT2D eigenvalue weighted by molar-refractivity contribution is 8.15. The molecule has 0 spiro atoms. The van der Waals surface area contributed by atoms with Crippen LogP contribution in [0.5, 0.6) is 0 Å². The highest BCUT2D eigenvalue weighted by Gasteiger charge is 2.43. The van der Waals surface area contributed by atoms with E-state index in [4.69, 9.17) is 9.84 Å². The first kappa shape index (κ1) is 22.6. The molecule has 0 saturated carbocycles. The van der Waals surface area contributed by atoms with E-state index in [2.05, 4.69) is 13.8 Å². The van der Waals surface area contributed by atoms with Crippen molar-refractivity contribution in [1.82, 2.24) is 0 Å². The van der Waals surface area contributed by atoms with E-state index in [1.807, 2.05) is 44.3 Å². The normalized spacial score (nSPS) is 12.2. The number of aliphatic carboxylic acids is 1. The fraction of sp³-hybridized carbons (Fsp3) is 0.882. The summed E-state index contributed by atoms with van der Waals surface area (Å²) in [5, 5.41) is 9.57. The molecule has 0 unspecified atom stereocenters. The molecule has 0 aliphatic carbocycles. The Kier molecular flexibility index (Phi) is 11.1. The molecule has 0 aliphatic heterocycles. The van der Waals surface area contributed by atoms with E-state index in [1.54, 1.807) is 0 Å². The zero-order chi connectivity index (χ0) is 17.9. The third-order valence-electron chi connectivity index (χ3n) is 4.45. The van der Waals surface area contributed by atoms with Gasteiger partial charge >= 0.3 is 11.9 Å². The Morgan fingerprint density at radius 3 is 2.22 bits per heavy atom. The Hall–Kier alpha value is -0.360. The average molecular weight is 365 g/mol. The molecule has 0 rings (SSSR count). The molecular formula is C17H32O4S2. The van der Waals surface area contributed by atoms with E-state index in [0.29, 0.717) is 6.61 Å². The number of rotatable bonds is 13. The average Bonchev–Trinajstić information content (AvgIpc) is 2.45. The van der Waals surface area contributed by atoms with Crippen LogP contribution in [-0.2, 0) is 14.3 Å². The van der Waals surface area contributed by atoms with Crippen LogP contribution in [0, 0.1) is 10.8 Å². The molecule has 23 heavy (non-hydrogen) atoms. The third kappa shape index (κ3) is 8.89. The molecular weight excluding hydrogens is 332 g/mol. The largest absolute Gasteiger partial charge is 0.481 e. The van der Waals surface area contributed by atoms with Gasteiger partial charge in [-0.05, 0) is 57.0 Å². The maximum Gasteiger partial charge on any atom is 0.312 e. The molecule has 0 fully saturated rings. The number of hydrogen-bond acceptors (Lipinski definition) is 5. The van der Waals surface area contributed by atoms with Gasteiger partial charge in [0.15, 0.2) is 0 Å². The van der Waals surface area contributed by atoms with Crippen LogP contribution in [0.15, 0.2) is 0 Å². The molecule has 0 aromatic carbocycles. The topological polar surface area (TPSA) is 63.6 Å². The number of carboxylic acid groups (broad SMARTS) is 1. The quantitative estimate of drug-likeness (QED) is 0.291. The summed E-state index contributed by atoms with van der Waals surface area (Å²) in [5.74, 6) is 1.19. The fourth-order valence-electron chi connectivity index (χ4n) is 1.88. The van der Waals surface area contributed by atoms with Crippen molar-refractivity contribution < 1.29 is 19.4 Å². The van der Waals surface area contributed by atoms with E-state index in [-0.39, 0.29) is 17.8 Å². The number of hydrogen-bond donors (Lipinski definition) is 1. The molecule has 6 heteroatoms. The van der Waals surface area contributed by atoms with Gasteiger partial charge < -0.3 is 9.84 Å². The first-order valence-electron chi connectivity index (χ1n) is 8.19. The lowest BCUT2D eigenvalue weighted by molar-refractivity contribution is -0.160. The van der Waals surface area contributed by atoms with E-state index in [0.717, 1.165) is 35.9 Å². The van der Waals surface area contributed by atoms with Crippen LogP contribution in [0.4, 0.5) is 0 Å². The van der Waals surface area contributed by atoms with Crippen molar-refractivity contribution in [3.63, 3.8) is 0 Å². The summed E-state index contributed by atoms with van der Waals surface area (Å²) in [4.78, 5) is 22.5. The number of ether oxygens (including phenoxy) is 1. The van der Waals surface area contributed by atoms with Crippen molar-refractivity contribution in [3.05, 3.63) is 0 Å². The molecule has 4 nitrogen and oxygen atoms in total. The lowest BCUT2D eigenvalue weighted by Crippen LogP contribution is -2.41. The van der Waals surface area contributed by atoms with Crippen LogP contribution in [0.1, 0.15) is 60.3 Å². The zero-order valence-corrected chi connectivity index (χ0v) is 16.8. The Bertz CT molecular complexity index is 368. The van der Waals surface area contributed by atoms with Crippen molar-refractivity contribution in [2.24, 2.45) is 10.8 Å². The van der Waals surface area contributed by atoms with Crippen molar-refractivity contribution in [2.45, 2.75) is 60.3 Å². The molecule has 0 atom stereocenters. The van der Waals surface area contributed by atoms with Crippen LogP contribution in [0.25, 0.3) is 0 Å². The molecule has 0 bridgehead atoms. The predicted octanol–water partition coefficient (Wildman–Crippen LogP) is 4.67. The van der Waals surface area contributed by atoms with Gasteiger partial charge in [-0.1, -0.05) is 13.8 Å². The second-order valence-corrected chi connectivity index (χ2v) is 9.34. The summed E-state index contributed by atoms with van der Waals surface area (Å²) >= 11 is 3.74. The Labute approximate surface area is 149 Å². The molecule has 136 valence electrons. The molecule has 0 radical (unpaired) electrons. The highest BCUT2D eigenvalue weighted by Crippen LogP contribution is 2.43. The van der Waals surface area contributed by atoms with Gasteiger partial charge in [0.05, 0.1) is 12.0 Å². The smallest absolute Gasteiger partial charge is 0.312 e. The van der Waals surface area contributed by atoms with Crippen LogP contribution in [-0.4, -0.2) is 40.2 Å². The monoisotopic (exact) mass is 364 g/mol. The molecule has 0 aliphatic rings. The second kappa shape index (κ2) is 11.2. The summed E-state index contributed by atoms with van der Waals surface area (Å²) in [6.45, 7) is 10.4. The number of unbranched alkanes of at least 4 members (excludes halogenated alkanes) is 1. The van der Waals surface area contributed by atoms with E-state index in [1.165, 1.54) is 0 Å². The Balaban J connectivity index is 3.89. The second-order valence-electron chi connectivity index (χ2n) is 6.76. The standard InChI is InChI=1S/C17H32O4S2/c1-6-21-15(20)17(4,5)16(2,3)10-12-23-13-22-11-8-7-9-14(18)19/h6-13H2,1-5H3,(H,18,19). The fourth-order valence-corrected chi connectivity index (χ4v) is 4.36. The first-order chi connectivity index (χ1) is 10.6.